The fraction of sp³-hybridized carbons (Fsp3) is 0.524. The summed E-state index contributed by atoms with van der Waals surface area (Å²) in [5.41, 5.74) is 2.26. The topological polar surface area (TPSA) is 58.5 Å². The maximum atomic E-state index is 14.5. The van der Waals surface area contributed by atoms with E-state index in [4.69, 9.17) is 4.98 Å². The lowest BCUT2D eigenvalue weighted by atomic mass is 10.0. The molecule has 154 valence electrons. The van der Waals surface area contributed by atoms with Gasteiger partial charge in [0.2, 0.25) is 5.95 Å². The number of fused-ring (bicyclic) bond motifs is 1. The minimum Gasteiger partial charge on any atom is -0.338 e. The van der Waals surface area contributed by atoms with Crippen molar-refractivity contribution in [3.8, 4) is 11.3 Å². The van der Waals surface area contributed by atoms with Crippen LogP contribution in [0.25, 0.3) is 11.3 Å². The highest BCUT2D eigenvalue weighted by molar-refractivity contribution is 7.93. The lowest BCUT2D eigenvalue weighted by Gasteiger charge is -2.39. The Balaban J connectivity index is 1.63. The van der Waals surface area contributed by atoms with Gasteiger partial charge in [0.1, 0.15) is 5.69 Å². The molecular formula is C21H24F2N4OS. The quantitative estimate of drug-likeness (QED) is 0.724. The number of halogens is 2. The van der Waals surface area contributed by atoms with Crippen molar-refractivity contribution < 1.29 is 13.0 Å². The Labute approximate surface area is 169 Å². The number of aromatic nitrogens is 2. The molecule has 2 aliphatic carbocycles. The van der Waals surface area contributed by atoms with Gasteiger partial charge in [-0.1, -0.05) is 12.1 Å². The van der Waals surface area contributed by atoms with Crippen LogP contribution in [-0.2, 0) is 22.1 Å². The van der Waals surface area contributed by atoms with E-state index in [-0.39, 0.29) is 29.8 Å². The summed E-state index contributed by atoms with van der Waals surface area (Å²) < 4.78 is 46.3. The van der Waals surface area contributed by atoms with Crippen molar-refractivity contribution in [2.24, 2.45) is 4.36 Å². The van der Waals surface area contributed by atoms with Crippen LogP contribution in [0.3, 0.4) is 0 Å². The molecule has 1 unspecified atom stereocenters. The number of rotatable bonds is 4. The minimum absolute atomic E-state index is 0.142. The maximum Gasteiger partial charge on any atom is 0.290 e. The maximum absolute atomic E-state index is 14.5. The van der Waals surface area contributed by atoms with Crippen LogP contribution in [0.4, 0.5) is 20.4 Å². The van der Waals surface area contributed by atoms with Gasteiger partial charge in [0.25, 0.3) is 5.92 Å². The summed E-state index contributed by atoms with van der Waals surface area (Å²) in [6.45, 7) is 2.83. The second-order valence-corrected chi connectivity index (χ2v) is 11.0. The third-order valence-electron chi connectivity index (χ3n) is 6.16. The average Bonchev–Trinajstić information content (AvgIpc) is 3.47. The molecule has 5 nitrogen and oxygen atoms in total. The van der Waals surface area contributed by atoms with Gasteiger partial charge in [0.15, 0.2) is 0 Å². The first-order valence-corrected chi connectivity index (χ1v) is 12.1. The number of anilines is 1. The molecule has 5 rings (SSSR count). The van der Waals surface area contributed by atoms with Crippen molar-refractivity contribution in [3.63, 3.8) is 0 Å². The van der Waals surface area contributed by atoms with Gasteiger partial charge in [0, 0.05) is 41.6 Å². The van der Waals surface area contributed by atoms with E-state index < -0.39 is 15.7 Å². The molecule has 1 aromatic carbocycles. The van der Waals surface area contributed by atoms with Crippen molar-refractivity contribution in [3.05, 3.63) is 35.5 Å². The van der Waals surface area contributed by atoms with Crippen LogP contribution in [0.1, 0.15) is 43.9 Å². The molecule has 8 heteroatoms. The molecule has 1 saturated carbocycles. The van der Waals surface area contributed by atoms with Crippen molar-refractivity contribution in [2.45, 2.75) is 56.2 Å². The molecule has 29 heavy (non-hydrogen) atoms. The minimum atomic E-state index is -2.93. The lowest BCUT2D eigenvalue weighted by Crippen LogP contribution is -2.47. The van der Waals surface area contributed by atoms with Crippen LogP contribution in [0, 0.1) is 0 Å². The van der Waals surface area contributed by atoms with E-state index in [0.29, 0.717) is 22.9 Å². The van der Waals surface area contributed by atoms with Gasteiger partial charge in [-0.3, -0.25) is 0 Å². The van der Waals surface area contributed by atoms with E-state index in [1.807, 2.05) is 36.1 Å². The summed E-state index contributed by atoms with van der Waals surface area (Å²) in [4.78, 5) is 11.0. The Morgan fingerprint density at radius 2 is 2.03 bits per heavy atom. The van der Waals surface area contributed by atoms with Crippen molar-refractivity contribution in [1.82, 2.24) is 9.97 Å². The first-order valence-electron chi connectivity index (χ1n) is 10.1. The summed E-state index contributed by atoms with van der Waals surface area (Å²) in [5, 5.41) is 0.160. The summed E-state index contributed by atoms with van der Waals surface area (Å²) in [7, 11) is -2.28. The number of nitrogens with zero attached hydrogens (tertiary/aromatic N) is 4. The SMILES string of the molecule is C[C@H]1CCN1c1nc(-c2cccc(N=S(C)(=O)C3CC3)c2)c2c(n1)C(F)(F)CC2. The third-order valence-corrected chi connectivity index (χ3v) is 8.44. The Morgan fingerprint density at radius 1 is 1.24 bits per heavy atom. The lowest BCUT2D eigenvalue weighted by molar-refractivity contribution is -0.00595. The van der Waals surface area contributed by atoms with Gasteiger partial charge in [-0.15, -0.1) is 0 Å². The normalized spacial score (nSPS) is 24.6. The summed E-state index contributed by atoms with van der Waals surface area (Å²) >= 11 is 0. The zero-order valence-electron chi connectivity index (χ0n) is 16.6. The molecule has 0 radical (unpaired) electrons. The van der Waals surface area contributed by atoms with Gasteiger partial charge in [-0.2, -0.15) is 13.1 Å². The predicted molar refractivity (Wildman–Crippen MR) is 110 cm³/mol. The van der Waals surface area contributed by atoms with Gasteiger partial charge in [-0.05, 0) is 44.7 Å². The molecule has 0 bridgehead atoms. The van der Waals surface area contributed by atoms with Gasteiger partial charge >= 0.3 is 0 Å². The predicted octanol–water partition coefficient (Wildman–Crippen LogP) is 4.67. The fourth-order valence-corrected chi connectivity index (χ4v) is 5.78. The summed E-state index contributed by atoms with van der Waals surface area (Å²) in [6, 6.07) is 7.55. The van der Waals surface area contributed by atoms with Crippen molar-refractivity contribution >= 4 is 21.4 Å². The molecule has 0 amide bonds. The Morgan fingerprint density at radius 3 is 2.69 bits per heavy atom. The molecule has 2 aromatic rings. The largest absolute Gasteiger partial charge is 0.338 e. The fourth-order valence-electron chi connectivity index (χ4n) is 4.09. The molecule has 1 saturated heterocycles. The molecule has 2 fully saturated rings. The molecule has 1 aliphatic heterocycles. The van der Waals surface area contributed by atoms with Crippen LogP contribution in [0.2, 0.25) is 0 Å². The molecule has 0 spiro atoms. The van der Waals surface area contributed by atoms with Crippen LogP contribution < -0.4 is 4.90 Å². The second kappa shape index (κ2) is 6.45. The van der Waals surface area contributed by atoms with Crippen molar-refractivity contribution in [1.29, 1.82) is 0 Å². The Bertz CT molecular complexity index is 1110. The number of hydrogen-bond donors (Lipinski definition) is 0. The highest BCUT2D eigenvalue weighted by atomic mass is 32.2. The first kappa shape index (κ1) is 18.9. The van der Waals surface area contributed by atoms with Gasteiger partial charge in [-0.25, -0.2) is 14.2 Å². The van der Waals surface area contributed by atoms with E-state index in [1.165, 1.54) is 0 Å². The zero-order chi connectivity index (χ0) is 20.4. The van der Waals surface area contributed by atoms with E-state index in [1.54, 1.807) is 6.26 Å². The van der Waals surface area contributed by atoms with E-state index >= 15 is 0 Å². The average molecular weight is 419 g/mol. The first-order chi connectivity index (χ1) is 13.7. The standard InChI is InChI=1S/C21H24F2N4OS/c1-13-9-11-27(13)20-24-18(17-8-10-21(22,23)19(17)25-20)14-4-3-5-15(12-14)26-29(2,28)16-6-7-16/h3-5,12-13,16H,6-11H2,1-2H3/t13-,29?/m0/s1. The second-order valence-electron chi connectivity index (χ2n) is 8.44. The van der Waals surface area contributed by atoms with Crippen LogP contribution in [0.5, 0.6) is 0 Å². The molecular weight excluding hydrogens is 394 g/mol. The van der Waals surface area contributed by atoms with Crippen molar-refractivity contribution in [2.75, 3.05) is 17.7 Å². The van der Waals surface area contributed by atoms with Crippen LogP contribution >= 0.6 is 0 Å². The Kier molecular flexibility index (Phi) is 4.21. The third kappa shape index (κ3) is 3.31. The van der Waals surface area contributed by atoms with Gasteiger partial charge in [0.05, 0.1) is 21.1 Å². The van der Waals surface area contributed by atoms with Gasteiger partial charge < -0.3 is 4.90 Å². The van der Waals surface area contributed by atoms with Crippen LogP contribution in [0.15, 0.2) is 28.6 Å². The van der Waals surface area contributed by atoms with E-state index in [2.05, 4.69) is 9.35 Å². The Hall–Kier alpha value is -2.09. The van der Waals surface area contributed by atoms with E-state index in [0.717, 1.165) is 31.4 Å². The smallest absolute Gasteiger partial charge is 0.290 e. The molecule has 2 atom stereocenters. The molecule has 3 aliphatic rings. The summed E-state index contributed by atoms with van der Waals surface area (Å²) in [5.74, 6) is -2.56. The number of benzene rings is 1. The van der Waals surface area contributed by atoms with Crippen LogP contribution in [-0.4, -0.2) is 38.3 Å². The highest BCUT2D eigenvalue weighted by Crippen LogP contribution is 2.45. The number of alkyl halides is 2. The summed E-state index contributed by atoms with van der Waals surface area (Å²) in [6.07, 6.45) is 4.62. The molecule has 0 N–H and O–H groups in total. The monoisotopic (exact) mass is 418 g/mol. The highest BCUT2D eigenvalue weighted by Gasteiger charge is 2.44. The van der Waals surface area contributed by atoms with E-state index in [9.17, 15) is 13.0 Å². The molecule has 1 aromatic heterocycles. The molecule has 2 heterocycles. The number of hydrogen-bond acceptors (Lipinski definition) is 5. The zero-order valence-corrected chi connectivity index (χ0v) is 17.4.